The highest BCUT2D eigenvalue weighted by Gasteiger charge is 2.16. The lowest BCUT2D eigenvalue weighted by Crippen LogP contribution is -2.19. The van der Waals surface area contributed by atoms with Crippen molar-refractivity contribution in [3.63, 3.8) is 0 Å². The minimum Gasteiger partial charge on any atom is -0.397 e. The summed E-state index contributed by atoms with van der Waals surface area (Å²) in [5.41, 5.74) is 6.86. The lowest BCUT2D eigenvalue weighted by atomic mass is 10.2. The van der Waals surface area contributed by atoms with Crippen molar-refractivity contribution in [2.45, 2.75) is 0 Å². The minimum absolute atomic E-state index is 0.788. The molecule has 2 aromatic rings. The van der Waals surface area contributed by atoms with Gasteiger partial charge in [-0.2, -0.15) is 0 Å². The number of pyridine rings is 1. The molecule has 0 aliphatic carbocycles. The molecule has 0 saturated heterocycles. The maximum absolute atomic E-state index is 6.07. The lowest BCUT2D eigenvalue weighted by Gasteiger charge is -1.99. The predicted octanol–water partition coefficient (Wildman–Crippen LogP) is 1.23. The first-order chi connectivity index (χ1) is 7.36. The SMILES string of the molecule is Nc1c(C2=NCCN2)sc2ncccc12. The van der Waals surface area contributed by atoms with Crippen molar-refractivity contribution < 1.29 is 0 Å². The molecule has 0 atom stereocenters. The van der Waals surface area contributed by atoms with Gasteiger partial charge in [-0.05, 0) is 12.1 Å². The Morgan fingerprint density at radius 2 is 2.40 bits per heavy atom. The molecule has 0 amide bonds. The Morgan fingerprint density at radius 1 is 1.47 bits per heavy atom. The first kappa shape index (κ1) is 8.67. The smallest absolute Gasteiger partial charge is 0.140 e. The molecule has 5 heteroatoms. The van der Waals surface area contributed by atoms with Crippen LogP contribution in [0.15, 0.2) is 23.3 Å². The summed E-state index contributed by atoms with van der Waals surface area (Å²) in [5, 5.41) is 4.25. The molecule has 0 bridgehead atoms. The van der Waals surface area contributed by atoms with Crippen molar-refractivity contribution >= 4 is 33.1 Å². The van der Waals surface area contributed by atoms with Crippen LogP contribution >= 0.6 is 11.3 Å². The van der Waals surface area contributed by atoms with Crippen molar-refractivity contribution in [2.75, 3.05) is 18.8 Å². The summed E-state index contributed by atoms with van der Waals surface area (Å²) in [6.45, 7) is 1.73. The fourth-order valence-electron chi connectivity index (χ4n) is 1.68. The second-order valence-corrected chi connectivity index (χ2v) is 4.36. The van der Waals surface area contributed by atoms with E-state index >= 15 is 0 Å². The van der Waals surface area contributed by atoms with Gasteiger partial charge in [0.15, 0.2) is 0 Å². The van der Waals surface area contributed by atoms with Crippen LogP contribution in [0.25, 0.3) is 10.2 Å². The zero-order valence-corrected chi connectivity index (χ0v) is 8.84. The number of nitrogen functional groups attached to an aromatic ring is 1. The molecule has 0 radical (unpaired) electrons. The maximum atomic E-state index is 6.07. The monoisotopic (exact) mass is 218 g/mol. The van der Waals surface area contributed by atoms with E-state index in [1.165, 1.54) is 0 Å². The molecule has 4 nitrogen and oxygen atoms in total. The zero-order valence-electron chi connectivity index (χ0n) is 8.03. The van der Waals surface area contributed by atoms with Gasteiger partial charge in [-0.3, -0.25) is 4.99 Å². The van der Waals surface area contributed by atoms with Crippen LogP contribution in [0.1, 0.15) is 4.88 Å². The fourth-order valence-corrected chi connectivity index (χ4v) is 2.73. The van der Waals surface area contributed by atoms with Crippen LogP contribution in [0, 0.1) is 0 Å². The molecular formula is C10H10N4S. The van der Waals surface area contributed by atoms with Gasteiger partial charge in [0.1, 0.15) is 10.7 Å². The van der Waals surface area contributed by atoms with Gasteiger partial charge < -0.3 is 11.1 Å². The van der Waals surface area contributed by atoms with Gasteiger partial charge in [0.05, 0.1) is 17.1 Å². The first-order valence-electron chi connectivity index (χ1n) is 4.78. The molecule has 0 spiro atoms. The van der Waals surface area contributed by atoms with E-state index in [9.17, 15) is 0 Å². The van der Waals surface area contributed by atoms with Crippen LogP contribution in [0.2, 0.25) is 0 Å². The average Bonchev–Trinajstić information content (AvgIpc) is 2.87. The number of thiophene rings is 1. The highest BCUT2D eigenvalue weighted by Crippen LogP contribution is 2.32. The Bertz CT molecular complexity index is 543. The maximum Gasteiger partial charge on any atom is 0.140 e. The molecule has 3 heterocycles. The molecule has 0 saturated carbocycles. The number of rotatable bonds is 1. The topological polar surface area (TPSA) is 63.3 Å². The Balaban J connectivity index is 2.23. The molecule has 1 aliphatic rings. The molecule has 0 unspecified atom stereocenters. The summed E-state index contributed by atoms with van der Waals surface area (Å²) < 4.78 is 0. The summed E-state index contributed by atoms with van der Waals surface area (Å²) >= 11 is 1.59. The molecule has 3 rings (SSSR count). The van der Waals surface area contributed by atoms with E-state index < -0.39 is 0 Å². The first-order valence-corrected chi connectivity index (χ1v) is 5.59. The third-order valence-electron chi connectivity index (χ3n) is 2.39. The van der Waals surface area contributed by atoms with Gasteiger partial charge in [0, 0.05) is 18.1 Å². The Morgan fingerprint density at radius 3 is 3.13 bits per heavy atom. The third kappa shape index (κ3) is 1.27. The Kier molecular flexibility index (Phi) is 1.85. The van der Waals surface area contributed by atoms with Crippen LogP contribution in [-0.2, 0) is 0 Å². The molecular weight excluding hydrogens is 208 g/mol. The van der Waals surface area contributed by atoms with Crippen molar-refractivity contribution in [3.05, 3.63) is 23.2 Å². The number of fused-ring (bicyclic) bond motifs is 1. The van der Waals surface area contributed by atoms with E-state index in [4.69, 9.17) is 5.73 Å². The lowest BCUT2D eigenvalue weighted by molar-refractivity contribution is 0.961. The predicted molar refractivity (Wildman–Crippen MR) is 63.4 cm³/mol. The van der Waals surface area contributed by atoms with Gasteiger partial charge in [0.25, 0.3) is 0 Å². The van der Waals surface area contributed by atoms with Gasteiger partial charge in [-0.1, -0.05) is 0 Å². The van der Waals surface area contributed by atoms with E-state index in [1.54, 1.807) is 17.5 Å². The van der Waals surface area contributed by atoms with Crippen LogP contribution in [0.3, 0.4) is 0 Å². The number of nitrogens with two attached hydrogens (primary N) is 1. The molecule has 2 aromatic heterocycles. The molecule has 1 aliphatic heterocycles. The number of hydrogen-bond acceptors (Lipinski definition) is 5. The van der Waals surface area contributed by atoms with E-state index in [1.807, 2.05) is 12.1 Å². The summed E-state index contributed by atoms with van der Waals surface area (Å²) in [5.74, 6) is 0.913. The van der Waals surface area contributed by atoms with Crippen LogP contribution in [0.4, 0.5) is 5.69 Å². The quantitative estimate of drug-likeness (QED) is 0.756. The standard InChI is InChI=1S/C10H10N4S/c11-7-6-2-1-3-14-10(6)15-8(7)9-12-4-5-13-9/h1-3H,4-5,11H2,(H,12,13). The normalized spacial score (nSPS) is 15.3. The summed E-state index contributed by atoms with van der Waals surface area (Å²) in [6.07, 6.45) is 1.78. The van der Waals surface area contributed by atoms with E-state index in [2.05, 4.69) is 15.3 Å². The highest BCUT2D eigenvalue weighted by atomic mass is 32.1. The van der Waals surface area contributed by atoms with Crippen LogP contribution in [-0.4, -0.2) is 23.9 Å². The second kappa shape index (κ2) is 3.20. The zero-order chi connectivity index (χ0) is 10.3. The number of nitrogens with one attached hydrogen (secondary N) is 1. The number of aromatic nitrogens is 1. The highest BCUT2D eigenvalue weighted by molar-refractivity contribution is 7.21. The molecule has 0 aromatic carbocycles. The number of anilines is 1. The Hall–Kier alpha value is -1.62. The van der Waals surface area contributed by atoms with E-state index in [0.717, 1.165) is 39.7 Å². The van der Waals surface area contributed by atoms with Gasteiger partial charge in [0.2, 0.25) is 0 Å². The van der Waals surface area contributed by atoms with Gasteiger partial charge in [-0.25, -0.2) is 4.98 Å². The Labute approximate surface area is 90.8 Å². The van der Waals surface area contributed by atoms with Crippen molar-refractivity contribution in [1.82, 2.24) is 10.3 Å². The second-order valence-electron chi connectivity index (χ2n) is 3.36. The fraction of sp³-hybridized carbons (Fsp3) is 0.200. The van der Waals surface area contributed by atoms with Crippen molar-refractivity contribution in [2.24, 2.45) is 4.99 Å². The van der Waals surface area contributed by atoms with Gasteiger partial charge in [-0.15, -0.1) is 11.3 Å². The van der Waals surface area contributed by atoms with Crippen LogP contribution < -0.4 is 11.1 Å². The average molecular weight is 218 g/mol. The molecule has 0 fully saturated rings. The largest absolute Gasteiger partial charge is 0.397 e. The number of aliphatic imine (C=N–C) groups is 1. The third-order valence-corrected chi connectivity index (χ3v) is 3.53. The van der Waals surface area contributed by atoms with Gasteiger partial charge >= 0.3 is 0 Å². The molecule has 76 valence electrons. The van der Waals surface area contributed by atoms with E-state index in [0.29, 0.717) is 0 Å². The summed E-state index contributed by atoms with van der Waals surface area (Å²) in [7, 11) is 0. The van der Waals surface area contributed by atoms with Crippen molar-refractivity contribution in [3.8, 4) is 0 Å². The van der Waals surface area contributed by atoms with Crippen molar-refractivity contribution in [1.29, 1.82) is 0 Å². The number of hydrogen-bond donors (Lipinski definition) is 2. The minimum atomic E-state index is 0.788. The molecule has 15 heavy (non-hydrogen) atoms. The summed E-state index contributed by atoms with van der Waals surface area (Å²) in [6, 6.07) is 3.90. The molecule has 3 N–H and O–H groups in total. The summed E-state index contributed by atoms with van der Waals surface area (Å²) in [4.78, 5) is 10.6. The van der Waals surface area contributed by atoms with E-state index in [-0.39, 0.29) is 0 Å². The van der Waals surface area contributed by atoms with Crippen LogP contribution in [0.5, 0.6) is 0 Å². The number of amidine groups is 1. The number of nitrogens with zero attached hydrogens (tertiary/aromatic N) is 2.